The van der Waals surface area contributed by atoms with E-state index in [-0.39, 0.29) is 10.9 Å². The molecule has 1 aromatic carbocycles. The Bertz CT molecular complexity index is 701. The van der Waals surface area contributed by atoms with Crippen LogP contribution in [-0.4, -0.2) is 20.7 Å². The van der Waals surface area contributed by atoms with Gasteiger partial charge in [-0.05, 0) is 40.8 Å². The number of nitrogens with two attached hydrogens (primary N) is 1. The lowest BCUT2D eigenvalue weighted by molar-refractivity contribution is 0.102. The maximum atomic E-state index is 12.4. The molecule has 104 valence electrons. The zero-order valence-electron chi connectivity index (χ0n) is 10.4. The molecule has 2 rings (SSSR count). The minimum atomic E-state index is -0.239. The molecule has 0 unspecified atom stereocenters. The summed E-state index contributed by atoms with van der Waals surface area (Å²) in [6.45, 7) is 0. The Morgan fingerprint density at radius 2 is 2.20 bits per heavy atom. The van der Waals surface area contributed by atoms with Gasteiger partial charge in [-0.1, -0.05) is 28.1 Å². The molecule has 0 aliphatic rings. The van der Waals surface area contributed by atoms with Gasteiger partial charge in [0.25, 0.3) is 5.91 Å². The summed E-state index contributed by atoms with van der Waals surface area (Å²) in [5.74, 6) is 0.245. The van der Waals surface area contributed by atoms with Crippen LogP contribution in [0.25, 0.3) is 0 Å². The first-order valence-electron chi connectivity index (χ1n) is 5.48. The van der Waals surface area contributed by atoms with Crippen LogP contribution in [0.1, 0.15) is 15.9 Å². The second-order valence-corrected chi connectivity index (χ2v) is 6.49. The van der Waals surface area contributed by atoms with Gasteiger partial charge >= 0.3 is 0 Å². The summed E-state index contributed by atoms with van der Waals surface area (Å²) in [4.78, 5) is 12.5. The van der Waals surface area contributed by atoms with Crippen molar-refractivity contribution in [1.29, 1.82) is 0 Å². The van der Waals surface area contributed by atoms with Gasteiger partial charge in [0.1, 0.15) is 10.8 Å². The van der Waals surface area contributed by atoms with Crippen LogP contribution in [0.4, 0.5) is 5.82 Å². The summed E-state index contributed by atoms with van der Waals surface area (Å²) in [6, 6.07) is 5.49. The molecule has 1 amide bonds. The smallest absolute Gasteiger partial charge is 0.257 e. The molecule has 5 nitrogen and oxygen atoms in total. The van der Waals surface area contributed by atoms with Gasteiger partial charge in [0.05, 0.1) is 17.3 Å². The van der Waals surface area contributed by atoms with Crippen LogP contribution in [0, 0.1) is 3.57 Å². The maximum Gasteiger partial charge on any atom is 0.257 e. The van der Waals surface area contributed by atoms with Crippen LogP contribution in [-0.2, 0) is 7.05 Å². The number of benzene rings is 1. The van der Waals surface area contributed by atoms with Gasteiger partial charge < -0.3 is 11.1 Å². The Labute approximate surface area is 143 Å². The number of thiocarbonyl (C=S) groups is 1. The predicted octanol–water partition coefficient (Wildman–Crippen LogP) is 2.67. The molecule has 1 aromatic heterocycles. The highest BCUT2D eigenvalue weighted by atomic mass is 127. The van der Waals surface area contributed by atoms with E-state index in [4.69, 9.17) is 18.0 Å². The molecule has 1 heterocycles. The number of carbonyl (C=O) groups excluding carboxylic acids is 1. The Morgan fingerprint density at radius 1 is 1.50 bits per heavy atom. The summed E-state index contributed by atoms with van der Waals surface area (Å²) < 4.78 is 3.21. The maximum absolute atomic E-state index is 12.4. The fraction of sp³-hybridized carbons (Fsp3) is 0.0833. The van der Waals surface area contributed by atoms with Crippen molar-refractivity contribution in [3.63, 3.8) is 0 Å². The highest BCUT2D eigenvalue weighted by Crippen LogP contribution is 2.21. The molecule has 2 aromatic rings. The quantitative estimate of drug-likeness (QED) is 0.541. The molecule has 8 heteroatoms. The van der Waals surface area contributed by atoms with Gasteiger partial charge in [-0.3, -0.25) is 9.48 Å². The molecule has 0 saturated heterocycles. The minimum Gasteiger partial charge on any atom is -0.389 e. The average Bonchev–Trinajstić information content (AvgIpc) is 2.74. The van der Waals surface area contributed by atoms with Crippen LogP contribution in [0.2, 0.25) is 0 Å². The molecule has 0 aliphatic carbocycles. The Kier molecular flexibility index (Phi) is 4.76. The molecule has 0 saturated carbocycles. The molecule has 0 radical (unpaired) electrons. The number of nitrogens with zero attached hydrogens (tertiary/aromatic N) is 2. The number of anilines is 1. The molecular formula is C12H10BrIN4OS. The minimum absolute atomic E-state index is 0.192. The van der Waals surface area contributed by atoms with Crippen LogP contribution in [0.15, 0.2) is 28.9 Å². The van der Waals surface area contributed by atoms with E-state index in [2.05, 4.69) is 48.9 Å². The van der Waals surface area contributed by atoms with Crippen molar-refractivity contribution in [2.24, 2.45) is 12.8 Å². The molecule has 0 bridgehead atoms. The summed E-state index contributed by atoms with van der Waals surface area (Å²) in [5, 5.41) is 6.84. The second kappa shape index (κ2) is 6.19. The number of carbonyl (C=O) groups is 1. The van der Waals surface area contributed by atoms with Crippen molar-refractivity contribution in [3.05, 3.63) is 43.6 Å². The Morgan fingerprint density at radius 3 is 2.85 bits per heavy atom. The summed E-state index contributed by atoms with van der Waals surface area (Å²) in [5.41, 5.74) is 6.72. The number of rotatable bonds is 3. The normalized spacial score (nSPS) is 10.3. The lowest BCUT2D eigenvalue weighted by Gasteiger charge is -2.09. The van der Waals surface area contributed by atoms with Crippen LogP contribution in [0.3, 0.4) is 0 Å². The van der Waals surface area contributed by atoms with Gasteiger partial charge in [-0.25, -0.2) is 0 Å². The van der Waals surface area contributed by atoms with E-state index in [0.29, 0.717) is 16.9 Å². The average molecular weight is 465 g/mol. The third-order valence-corrected chi connectivity index (χ3v) is 4.26. The molecule has 0 spiro atoms. The third-order valence-electron chi connectivity index (χ3n) is 2.61. The summed E-state index contributed by atoms with van der Waals surface area (Å²) in [6.07, 6.45) is 1.53. The van der Waals surface area contributed by atoms with Gasteiger partial charge in [0, 0.05) is 15.1 Å². The number of aromatic nitrogens is 2. The van der Waals surface area contributed by atoms with E-state index in [1.54, 1.807) is 13.1 Å². The number of amides is 1. The fourth-order valence-corrected chi connectivity index (χ4v) is 2.70. The van der Waals surface area contributed by atoms with E-state index in [0.717, 1.165) is 8.04 Å². The van der Waals surface area contributed by atoms with Crippen molar-refractivity contribution in [2.45, 2.75) is 0 Å². The second-order valence-electron chi connectivity index (χ2n) is 3.97. The first kappa shape index (κ1) is 15.4. The topological polar surface area (TPSA) is 72.9 Å². The number of aryl methyl sites for hydroxylation is 1. The number of nitrogens with one attached hydrogen (secondary N) is 1. The van der Waals surface area contributed by atoms with Gasteiger partial charge in [-0.2, -0.15) is 5.10 Å². The summed E-state index contributed by atoms with van der Waals surface area (Å²) >= 11 is 10.4. The Hall–Kier alpha value is -1.000. The van der Waals surface area contributed by atoms with Gasteiger partial charge in [0.2, 0.25) is 0 Å². The van der Waals surface area contributed by atoms with Crippen LogP contribution >= 0.6 is 50.7 Å². The number of hydrogen-bond donors (Lipinski definition) is 2. The first-order valence-corrected chi connectivity index (χ1v) is 7.76. The van der Waals surface area contributed by atoms with Crippen molar-refractivity contribution >= 4 is 67.5 Å². The monoisotopic (exact) mass is 464 g/mol. The Balaban J connectivity index is 2.35. The third kappa shape index (κ3) is 3.18. The van der Waals surface area contributed by atoms with E-state index in [1.807, 2.05) is 12.1 Å². The van der Waals surface area contributed by atoms with E-state index >= 15 is 0 Å². The zero-order chi connectivity index (χ0) is 14.9. The van der Waals surface area contributed by atoms with E-state index < -0.39 is 0 Å². The van der Waals surface area contributed by atoms with Crippen molar-refractivity contribution < 1.29 is 4.79 Å². The zero-order valence-corrected chi connectivity index (χ0v) is 14.9. The van der Waals surface area contributed by atoms with Crippen LogP contribution in [0.5, 0.6) is 0 Å². The van der Waals surface area contributed by atoms with Crippen molar-refractivity contribution in [1.82, 2.24) is 9.78 Å². The van der Waals surface area contributed by atoms with E-state index in [9.17, 15) is 4.79 Å². The highest BCUT2D eigenvalue weighted by molar-refractivity contribution is 14.1. The fourth-order valence-electron chi connectivity index (χ4n) is 1.61. The highest BCUT2D eigenvalue weighted by Gasteiger charge is 2.16. The lowest BCUT2D eigenvalue weighted by atomic mass is 10.2. The first-order chi connectivity index (χ1) is 9.40. The molecule has 0 fully saturated rings. The standard InChI is InChI=1S/C12H10BrIN4OS/c1-18-11(8(5-16-18)10(15)20)17-12(19)7-4-6(13)2-3-9(7)14/h2-5H,1H3,(H2,15,20)(H,17,19). The van der Waals surface area contributed by atoms with Crippen molar-refractivity contribution in [2.75, 3.05) is 5.32 Å². The van der Waals surface area contributed by atoms with E-state index in [1.165, 1.54) is 10.9 Å². The molecular weight excluding hydrogens is 455 g/mol. The largest absolute Gasteiger partial charge is 0.389 e. The molecule has 0 atom stereocenters. The van der Waals surface area contributed by atoms with Gasteiger partial charge in [0.15, 0.2) is 0 Å². The number of halogens is 2. The van der Waals surface area contributed by atoms with Crippen molar-refractivity contribution in [3.8, 4) is 0 Å². The predicted molar refractivity (Wildman–Crippen MR) is 93.9 cm³/mol. The summed E-state index contributed by atoms with van der Waals surface area (Å²) in [7, 11) is 1.71. The van der Waals surface area contributed by atoms with Gasteiger partial charge in [-0.15, -0.1) is 0 Å². The molecule has 3 N–H and O–H groups in total. The lowest BCUT2D eigenvalue weighted by Crippen LogP contribution is -2.19. The molecule has 0 aliphatic heterocycles. The SMILES string of the molecule is Cn1ncc(C(N)=S)c1NC(=O)c1cc(Br)ccc1I. The number of hydrogen-bond acceptors (Lipinski definition) is 3. The van der Waals surface area contributed by atoms with Crippen LogP contribution < -0.4 is 11.1 Å². The molecule has 20 heavy (non-hydrogen) atoms.